The molecule has 1 N–H and O–H groups in total. The van der Waals surface area contributed by atoms with Gasteiger partial charge >= 0.3 is 0 Å². The third-order valence-electron chi connectivity index (χ3n) is 2.69. The summed E-state index contributed by atoms with van der Waals surface area (Å²) < 4.78 is 41.4. The zero-order chi connectivity index (χ0) is 14.2. The lowest BCUT2D eigenvalue weighted by molar-refractivity contribution is 0.592. The van der Waals surface area contributed by atoms with Crippen LogP contribution in [0.25, 0.3) is 0 Å². The number of halogens is 1. The number of hydrogen-bond donors (Lipinski definition) is 1. The molecule has 0 saturated carbocycles. The van der Waals surface area contributed by atoms with Gasteiger partial charge in [-0.3, -0.25) is 9.40 Å². The van der Waals surface area contributed by atoms with Crippen LogP contribution >= 0.6 is 0 Å². The van der Waals surface area contributed by atoms with Gasteiger partial charge in [0.25, 0.3) is 10.0 Å². The normalized spacial score (nSPS) is 11.6. The molecule has 0 aliphatic heterocycles. The molecule has 1 heterocycles. The first-order valence-corrected chi connectivity index (χ1v) is 7.07. The molecule has 19 heavy (non-hydrogen) atoms. The quantitative estimate of drug-likeness (QED) is 0.936. The van der Waals surface area contributed by atoms with Crippen molar-refractivity contribution in [2.24, 2.45) is 7.05 Å². The van der Waals surface area contributed by atoms with Crippen LogP contribution in [0, 0.1) is 19.7 Å². The molecule has 5 nitrogen and oxygen atoms in total. The predicted octanol–water partition coefficient (Wildman–Crippen LogP) is 1.98. The Hall–Kier alpha value is -1.89. The molecule has 1 aromatic carbocycles. The van der Waals surface area contributed by atoms with Crippen LogP contribution in [0.15, 0.2) is 29.2 Å². The number of nitrogens with one attached hydrogen (secondary N) is 1. The first-order chi connectivity index (χ1) is 8.79. The Morgan fingerprint density at radius 1 is 1.26 bits per heavy atom. The molecule has 0 unspecified atom stereocenters. The summed E-state index contributed by atoms with van der Waals surface area (Å²) in [4.78, 5) is -0.116. The van der Waals surface area contributed by atoms with Crippen molar-refractivity contribution in [3.8, 4) is 0 Å². The van der Waals surface area contributed by atoms with Crippen molar-refractivity contribution in [3.05, 3.63) is 41.3 Å². The number of aryl methyl sites for hydroxylation is 3. The van der Waals surface area contributed by atoms with Crippen molar-refractivity contribution in [1.29, 1.82) is 0 Å². The number of anilines is 1. The summed E-state index contributed by atoms with van der Waals surface area (Å²) in [6.07, 6.45) is 0. The van der Waals surface area contributed by atoms with Crippen molar-refractivity contribution in [2.75, 3.05) is 4.72 Å². The molecule has 2 aromatic rings. The molecule has 0 aliphatic rings. The van der Waals surface area contributed by atoms with E-state index in [1.54, 1.807) is 27.0 Å². The fourth-order valence-corrected chi connectivity index (χ4v) is 2.73. The molecular weight excluding hydrogens is 269 g/mol. The van der Waals surface area contributed by atoms with Crippen LogP contribution in [0.1, 0.15) is 11.3 Å². The summed E-state index contributed by atoms with van der Waals surface area (Å²) in [5.74, 6) is -0.220. The third kappa shape index (κ3) is 2.76. The highest BCUT2D eigenvalue weighted by Gasteiger charge is 2.17. The van der Waals surface area contributed by atoms with Gasteiger partial charge in [-0.1, -0.05) is 6.07 Å². The maximum Gasteiger partial charge on any atom is 0.263 e. The van der Waals surface area contributed by atoms with E-state index in [1.165, 1.54) is 16.8 Å². The van der Waals surface area contributed by atoms with Crippen LogP contribution in [0.2, 0.25) is 0 Å². The maximum absolute atomic E-state index is 13.4. The van der Waals surface area contributed by atoms with Crippen molar-refractivity contribution in [3.63, 3.8) is 0 Å². The van der Waals surface area contributed by atoms with Gasteiger partial charge in [0.2, 0.25) is 0 Å². The van der Waals surface area contributed by atoms with E-state index in [1.807, 2.05) is 0 Å². The molecule has 0 amide bonds. The molecule has 102 valence electrons. The van der Waals surface area contributed by atoms with Crippen LogP contribution in [-0.4, -0.2) is 18.2 Å². The number of rotatable bonds is 3. The van der Waals surface area contributed by atoms with Gasteiger partial charge in [-0.15, -0.1) is 0 Å². The summed E-state index contributed by atoms with van der Waals surface area (Å²) in [7, 11) is -2.19. The monoisotopic (exact) mass is 283 g/mol. The van der Waals surface area contributed by atoms with E-state index in [0.717, 1.165) is 6.07 Å². The Kier molecular flexibility index (Phi) is 3.32. The third-order valence-corrected chi connectivity index (χ3v) is 4.05. The smallest absolute Gasteiger partial charge is 0.263 e. The van der Waals surface area contributed by atoms with Crippen molar-refractivity contribution in [2.45, 2.75) is 18.7 Å². The van der Waals surface area contributed by atoms with Crippen LogP contribution in [-0.2, 0) is 17.1 Å². The van der Waals surface area contributed by atoms with Gasteiger partial charge in [-0.25, -0.2) is 12.8 Å². The highest BCUT2D eigenvalue weighted by Crippen LogP contribution is 2.18. The molecule has 0 bridgehead atoms. The molecular formula is C12H14FN3O2S. The van der Waals surface area contributed by atoms with E-state index in [-0.39, 0.29) is 4.90 Å². The Bertz CT molecular complexity index is 723. The van der Waals surface area contributed by atoms with Crippen molar-refractivity contribution in [1.82, 2.24) is 9.78 Å². The van der Waals surface area contributed by atoms with Crippen molar-refractivity contribution >= 4 is 15.8 Å². The molecule has 0 radical (unpaired) electrons. The van der Waals surface area contributed by atoms with Gasteiger partial charge in [0.05, 0.1) is 10.6 Å². The Morgan fingerprint density at radius 3 is 2.47 bits per heavy atom. The first kappa shape index (κ1) is 13.5. The number of nitrogens with zero attached hydrogens (tertiary/aromatic N) is 2. The Labute approximate surface area is 111 Å². The highest BCUT2D eigenvalue weighted by molar-refractivity contribution is 7.92. The van der Waals surface area contributed by atoms with Gasteiger partial charge in [-0.2, -0.15) is 5.10 Å². The number of hydrogen-bond acceptors (Lipinski definition) is 3. The summed E-state index contributed by atoms with van der Waals surface area (Å²) in [6, 6.07) is 5.39. The van der Waals surface area contributed by atoms with E-state index in [4.69, 9.17) is 0 Å². The van der Waals surface area contributed by atoms with Crippen LogP contribution in [0.4, 0.5) is 10.2 Å². The van der Waals surface area contributed by atoms with Gasteiger partial charge in [-0.05, 0) is 31.5 Å². The molecule has 1 aromatic heterocycles. The minimum absolute atomic E-state index is 0.116. The summed E-state index contributed by atoms with van der Waals surface area (Å²) in [5.41, 5.74) is 1.09. The molecule has 0 fully saturated rings. The zero-order valence-electron chi connectivity index (χ0n) is 10.8. The minimum Gasteiger partial charge on any atom is -0.264 e. The predicted molar refractivity (Wildman–Crippen MR) is 69.9 cm³/mol. The van der Waals surface area contributed by atoms with Gasteiger partial charge in [0, 0.05) is 13.1 Å². The summed E-state index contributed by atoms with van der Waals surface area (Å²) in [6.45, 7) is 3.33. The lowest BCUT2D eigenvalue weighted by Gasteiger charge is -2.08. The van der Waals surface area contributed by atoms with Crippen LogP contribution in [0.3, 0.4) is 0 Å². The molecule has 0 spiro atoms. The van der Waals surface area contributed by atoms with E-state index < -0.39 is 15.8 Å². The fourth-order valence-electron chi connectivity index (χ4n) is 1.64. The lowest BCUT2D eigenvalue weighted by Crippen LogP contribution is -2.15. The van der Waals surface area contributed by atoms with Gasteiger partial charge in [0.15, 0.2) is 0 Å². The first-order valence-electron chi connectivity index (χ1n) is 5.59. The number of benzene rings is 1. The summed E-state index contributed by atoms with van der Waals surface area (Å²) in [5, 5.41) is 4.04. The molecule has 0 atom stereocenters. The summed E-state index contributed by atoms with van der Waals surface area (Å²) >= 11 is 0. The average Bonchev–Trinajstić information content (AvgIpc) is 2.60. The van der Waals surface area contributed by atoms with Gasteiger partial charge < -0.3 is 0 Å². The van der Waals surface area contributed by atoms with Crippen molar-refractivity contribution < 1.29 is 12.8 Å². The molecule has 7 heteroatoms. The maximum atomic E-state index is 13.4. The van der Waals surface area contributed by atoms with Crippen LogP contribution < -0.4 is 4.72 Å². The minimum atomic E-state index is -3.81. The topological polar surface area (TPSA) is 64.0 Å². The van der Waals surface area contributed by atoms with E-state index >= 15 is 0 Å². The number of sulfonamides is 1. The highest BCUT2D eigenvalue weighted by atomic mass is 32.2. The standard InChI is InChI=1S/C12H14FN3O2S/c1-8-4-5-10(7-11(8)13)19(17,18)15-12-6-9(2)14-16(12)3/h4-7,15H,1-3H3. The van der Waals surface area contributed by atoms with E-state index in [9.17, 15) is 12.8 Å². The lowest BCUT2D eigenvalue weighted by atomic mass is 10.2. The number of aromatic nitrogens is 2. The van der Waals surface area contributed by atoms with E-state index in [0.29, 0.717) is 17.1 Å². The second-order valence-electron chi connectivity index (χ2n) is 4.31. The van der Waals surface area contributed by atoms with Crippen LogP contribution in [0.5, 0.6) is 0 Å². The SMILES string of the molecule is Cc1cc(NS(=O)(=O)c2ccc(C)c(F)c2)n(C)n1. The Balaban J connectivity index is 2.37. The molecule has 0 saturated heterocycles. The van der Waals surface area contributed by atoms with Gasteiger partial charge in [0.1, 0.15) is 11.6 Å². The largest absolute Gasteiger partial charge is 0.264 e. The fraction of sp³-hybridized carbons (Fsp3) is 0.250. The molecule has 0 aliphatic carbocycles. The molecule has 2 rings (SSSR count). The zero-order valence-corrected chi connectivity index (χ0v) is 11.6. The second kappa shape index (κ2) is 4.65. The average molecular weight is 283 g/mol. The Morgan fingerprint density at radius 2 is 1.95 bits per heavy atom. The van der Waals surface area contributed by atoms with E-state index in [2.05, 4.69) is 9.82 Å². The second-order valence-corrected chi connectivity index (χ2v) is 5.99.